The molecule has 2 heterocycles. The molecule has 3 N–H and O–H groups in total. The molecule has 0 atom stereocenters. The minimum Gasteiger partial charge on any atom is -0.497 e. The molecule has 6 nitrogen and oxygen atoms in total. The lowest BCUT2D eigenvalue weighted by Gasteiger charge is -2.49. The van der Waals surface area contributed by atoms with Crippen LogP contribution in [-0.4, -0.2) is 27.4 Å². The van der Waals surface area contributed by atoms with Gasteiger partial charge in [0.1, 0.15) is 17.3 Å². The Bertz CT molecular complexity index is 1370. The van der Waals surface area contributed by atoms with Crippen molar-refractivity contribution in [3.63, 3.8) is 0 Å². The van der Waals surface area contributed by atoms with Crippen LogP contribution in [0.3, 0.4) is 0 Å². The molecule has 1 fully saturated rings. The van der Waals surface area contributed by atoms with Gasteiger partial charge in [-0.3, -0.25) is 4.57 Å². The summed E-state index contributed by atoms with van der Waals surface area (Å²) in [5.74, 6) is 2.39. The molecule has 1 aliphatic heterocycles. The molecule has 172 valence electrons. The normalized spacial score (nSPS) is 22.8. The molecule has 1 saturated carbocycles. The molecule has 2 aliphatic rings. The van der Waals surface area contributed by atoms with Crippen LogP contribution in [0.2, 0.25) is 0 Å². The van der Waals surface area contributed by atoms with E-state index in [1.54, 1.807) is 7.11 Å². The minimum absolute atomic E-state index is 0.367. The highest BCUT2D eigenvalue weighted by atomic mass is 16.5. The first-order valence-corrected chi connectivity index (χ1v) is 11.5. The number of fused-ring (bicyclic) bond motifs is 3. The number of ether oxygens (including phenoxy) is 2. The van der Waals surface area contributed by atoms with Crippen molar-refractivity contribution >= 4 is 0 Å². The largest absolute Gasteiger partial charge is 0.497 e. The van der Waals surface area contributed by atoms with Crippen LogP contribution in [0.25, 0.3) is 33.9 Å². The van der Waals surface area contributed by atoms with Crippen molar-refractivity contribution in [2.45, 2.75) is 37.6 Å². The molecule has 0 spiro atoms. The van der Waals surface area contributed by atoms with Gasteiger partial charge in [0.15, 0.2) is 6.73 Å². The lowest BCUT2D eigenvalue weighted by molar-refractivity contribution is -0.0738. The van der Waals surface area contributed by atoms with Crippen LogP contribution in [0, 0.1) is 0 Å². The van der Waals surface area contributed by atoms with E-state index in [-0.39, 0.29) is 0 Å². The van der Waals surface area contributed by atoms with Crippen LogP contribution < -0.4 is 15.2 Å². The first kappa shape index (κ1) is 21.0. The molecule has 4 aromatic rings. The summed E-state index contributed by atoms with van der Waals surface area (Å²) in [6.07, 6.45) is 1.12. The summed E-state index contributed by atoms with van der Waals surface area (Å²) in [7, 11) is 1.65. The maximum Gasteiger partial charge on any atom is 0.167 e. The molecule has 3 aromatic carbocycles. The third-order valence-electron chi connectivity index (χ3n) is 6.92. The van der Waals surface area contributed by atoms with E-state index >= 15 is 0 Å². The number of aliphatic hydroxyl groups is 1. The number of rotatable bonds is 4. The number of hydrogen-bond acceptors (Lipinski definition) is 5. The van der Waals surface area contributed by atoms with Crippen LogP contribution in [0.1, 0.15) is 25.3 Å². The lowest BCUT2D eigenvalue weighted by Crippen LogP contribution is -2.58. The molecule has 6 heteroatoms. The molecule has 1 aromatic heterocycles. The van der Waals surface area contributed by atoms with Crippen LogP contribution >= 0.6 is 0 Å². The maximum atomic E-state index is 10.2. The molecular formula is C28H27N3O3. The van der Waals surface area contributed by atoms with Gasteiger partial charge < -0.3 is 20.3 Å². The van der Waals surface area contributed by atoms with Crippen LogP contribution in [0.5, 0.6) is 11.5 Å². The van der Waals surface area contributed by atoms with Gasteiger partial charge in [-0.15, -0.1) is 0 Å². The molecule has 0 bridgehead atoms. The molecule has 0 amide bonds. The summed E-state index contributed by atoms with van der Waals surface area (Å²) >= 11 is 0. The van der Waals surface area contributed by atoms with Crippen molar-refractivity contribution in [3.05, 3.63) is 78.4 Å². The number of aromatic nitrogens is 2. The summed E-state index contributed by atoms with van der Waals surface area (Å²) < 4.78 is 13.6. The van der Waals surface area contributed by atoms with Crippen molar-refractivity contribution in [2.75, 3.05) is 7.11 Å². The zero-order valence-electron chi connectivity index (χ0n) is 19.3. The minimum atomic E-state index is -0.688. The predicted octanol–water partition coefficient (Wildman–Crippen LogP) is 4.94. The van der Waals surface area contributed by atoms with E-state index in [1.807, 2.05) is 43.3 Å². The summed E-state index contributed by atoms with van der Waals surface area (Å²) in [6.45, 7) is 2.20. The predicted molar refractivity (Wildman–Crippen MR) is 131 cm³/mol. The van der Waals surface area contributed by atoms with Gasteiger partial charge in [0.05, 0.1) is 29.7 Å². The van der Waals surface area contributed by atoms with Gasteiger partial charge in [-0.05, 0) is 37.5 Å². The van der Waals surface area contributed by atoms with Crippen LogP contribution in [-0.2, 0) is 12.3 Å². The highest BCUT2D eigenvalue weighted by Crippen LogP contribution is 2.47. The molecule has 1 aliphatic carbocycles. The van der Waals surface area contributed by atoms with E-state index in [1.165, 1.54) is 0 Å². The average Bonchev–Trinajstić information content (AvgIpc) is 3.23. The zero-order valence-corrected chi connectivity index (χ0v) is 19.3. The van der Waals surface area contributed by atoms with Crippen LogP contribution in [0.4, 0.5) is 0 Å². The third kappa shape index (κ3) is 3.30. The van der Waals surface area contributed by atoms with Crippen molar-refractivity contribution in [3.8, 4) is 45.4 Å². The summed E-state index contributed by atoms with van der Waals surface area (Å²) in [5, 5.41) is 10.2. The third-order valence-corrected chi connectivity index (χ3v) is 6.92. The van der Waals surface area contributed by atoms with E-state index in [0.717, 1.165) is 51.0 Å². The van der Waals surface area contributed by atoms with Gasteiger partial charge in [-0.2, -0.15) is 0 Å². The first-order chi connectivity index (χ1) is 16.4. The standard InChI is InChI=1S/C28H27N3O3/c1-27(32)15-28(29,16-27)20-10-8-18(9-11-20)24-25(19-6-4-3-5-7-19)31-17-34-23-14-21(33-2)12-13-22(23)26(31)30-24/h3-14,32H,15-17,29H2,1-2H3. The zero-order chi connectivity index (χ0) is 23.5. The fourth-order valence-corrected chi connectivity index (χ4v) is 5.41. The van der Waals surface area contributed by atoms with E-state index in [2.05, 4.69) is 41.0 Å². The quantitative estimate of drug-likeness (QED) is 0.457. The summed E-state index contributed by atoms with van der Waals surface area (Å²) in [6, 6.07) is 24.4. The van der Waals surface area contributed by atoms with E-state index in [4.69, 9.17) is 20.2 Å². The number of hydrogen-bond donors (Lipinski definition) is 2. The lowest BCUT2D eigenvalue weighted by atomic mass is 9.63. The smallest absolute Gasteiger partial charge is 0.167 e. The van der Waals surface area contributed by atoms with Gasteiger partial charge in [0.25, 0.3) is 0 Å². The van der Waals surface area contributed by atoms with Gasteiger partial charge in [0, 0.05) is 22.7 Å². The molecule has 0 unspecified atom stereocenters. The van der Waals surface area contributed by atoms with Gasteiger partial charge >= 0.3 is 0 Å². The Labute approximate surface area is 198 Å². The second kappa shape index (κ2) is 7.45. The molecular weight excluding hydrogens is 426 g/mol. The Hall–Kier alpha value is -3.61. The molecule has 0 radical (unpaired) electrons. The SMILES string of the molecule is COc1ccc2c(c1)OCn1c-2nc(-c2ccc(C3(N)CC(C)(O)C3)cc2)c1-c1ccccc1. The highest BCUT2D eigenvalue weighted by Gasteiger charge is 2.49. The maximum absolute atomic E-state index is 10.2. The van der Waals surface area contributed by atoms with Gasteiger partial charge in [-0.1, -0.05) is 54.6 Å². The van der Waals surface area contributed by atoms with Crippen LogP contribution in [0.15, 0.2) is 72.8 Å². The van der Waals surface area contributed by atoms with Gasteiger partial charge in [-0.25, -0.2) is 4.98 Å². The van der Waals surface area contributed by atoms with Crippen molar-refractivity contribution < 1.29 is 14.6 Å². The van der Waals surface area contributed by atoms with E-state index in [9.17, 15) is 5.11 Å². The van der Waals surface area contributed by atoms with E-state index < -0.39 is 11.1 Å². The topological polar surface area (TPSA) is 82.5 Å². The number of nitrogens with zero attached hydrogens (tertiary/aromatic N) is 2. The van der Waals surface area contributed by atoms with Gasteiger partial charge in [0.2, 0.25) is 0 Å². The number of benzene rings is 3. The number of methoxy groups -OCH3 is 1. The van der Waals surface area contributed by atoms with Crippen molar-refractivity contribution in [1.29, 1.82) is 0 Å². The molecule has 6 rings (SSSR count). The van der Waals surface area contributed by atoms with E-state index in [0.29, 0.717) is 19.6 Å². The highest BCUT2D eigenvalue weighted by molar-refractivity contribution is 5.83. The molecule has 34 heavy (non-hydrogen) atoms. The Kier molecular flexibility index (Phi) is 4.59. The summed E-state index contributed by atoms with van der Waals surface area (Å²) in [4.78, 5) is 5.11. The Morgan fingerprint density at radius 1 is 1.00 bits per heavy atom. The molecule has 0 saturated heterocycles. The Balaban J connectivity index is 1.47. The fraction of sp³-hybridized carbons (Fsp3) is 0.250. The second-order valence-electron chi connectivity index (χ2n) is 9.65. The first-order valence-electron chi connectivity index (χ1n) is 11.5. The number of imidazole rings is 1. The second-order valence-corrected chi connectivity index (χ2v) is 9.65. The Morgan fingerprint density at radius 2 is 1.74 bits per heavy atom. The summed E-state index contributed by atoms with van der Waals surface area (Å²) in [5.41, 5.74) is 11.4. The fourth-order valence-electron chi connectivity index (χ4n) is 5.41. The van der Waals surface area contributed by atoms with Crippen molar-refractivity contribution in [2.24, 2.45) is 5.73 Å². The monoisotopic (exact) mass is 453 g/mol. The van der Waals surface area contributed by atoms with Crippen molar-refractivity contribution in [1.82, 2.24) is 9.55 Å². The Morgan fingerprint density at radius 3 is 2.41 bits per heavy atom. The average molecular weight is 454 g/mol. The number of nitrogens with two attached hydrogens (primary N) is 1.